The summed E-state index contributed by atoms with van der Waals surface area (Å²) >= 11 is 2.77. The van der Waals surface area contributed by atoms with Crippen LogP contribution in [0.5, 0.6) is 0 Å². The minimum atomic E-state index is -0.275. The van der Waals surface area contributed by atoms with E-state index < -0.39 is 0 Å². The van der Waals surface area contributed by atoms with Gasteiger partial charge in [-0.2, -0.15) is 4.37 Å². The topological polar surface area (TPSA) is 66.9 Å². The Hall–Kier alpha value is -2.32. The first-order valence-electron chi connectivity index (χ1n) is 8.08. The van der Waals surface area contributed by atoms with Gasteiger partial charge in [0.1, 0.15) is 15.8 Å². The van der Waals surface area contributed by atoms with Crippen LogP contribution in [0, 0.1) is 19.7 Å². The number of hydrogen-bond donors (Lipinski definition) is 2. The molecule has 2 N–H and O–H groups in total. The molecule has 1 aromatic carbocycles. The number of carbonyl (C=O) groups is 1. The average Bonchev–Trinajstić information content (AvgIpc) is 3.18. The molecule has 26 heavy (non-hydrogen) atoms. The van der Waals surface area contributed by atoms with Gasteiger partial charge in [-0.25, -0.2) is 9.37 Å². The van der Waals surface area contributed by atoms with Crippen LogP contribution < -0.4 is 10.6 Å². The van der Waals surface area contributed by atoms with E-state index in [0.717, 1.165) is 26.1 Å². The molecule has 1 amide bonds. The van der Waals surface area contributed by atoms with Crippen molar-refractivity contribution in [3.8, 4) is 10.6 Å². The fraction of sp³-hybridized carbons (Fsp3) is 0.278. The zero-order valence-corrected chi connectivity index (χ0v) is 16.5. The van der Waals surface area contributed by atoms with Crippen molar-refractivity contribution in [3.63, 3.8) is 0 Å². The van der Waals surface area contributed by atoms with E-state index in [2.05, 4.69) is 20.0 Å². The van der Waals surface area contributed by atoms with Gasteiger partial charge in [-0.1, -0.05) is 0 Å². The van der Waals surface area contributed by atoms with E-state index in [9.17, 15) is 9.18 Å². The lowest BCUT2D eigenvalue weighted by atomic mass is 10.2. The highest BCUT2D eigenvalue weighted by Gasteiger charge is 2.22. The highest BCUT2D eigenvalue weighted by molar-refractivity contribution is 7.15. The molecule has 8 heteroatoms. The van der Waals surface area contributed by atoms with Crippen molar-refractivity contribution in [1.82, 2.24) is 14.7 Å². The van der Waals surface area contributed by atoms with Gasteiger partial charge >= 0.3 is 0 Å². The van der Waals surface area contributed by atoms with Gasteiger partial charge in [0.2, 0.25) is 0 Å². The van der Waals surface area contributed by atoms with Crippen LogP contribution in [0.2, 0.25) is 0 Å². The second kappa shape index (κ2) is 7.51. The molecule has 0 fully saturated rings. The molecule has 0 saturated heterocycles. The lowest BCUT2D eigenvalue weighted by Crippen LogP contribution is -2.27. The van der Waals surface area contributed by atoms with Gasteiger partial charge in [0.15, 0.2) is 0 Å². The number of amides is 1. The van der Waals surface area contributed by atoms with Crippen LogP contribution in [-0.2, 0) is 0 Å². The molecule has 3 aromatic rings. The summed E-state index contributed by atoms with van der Waals surface area (Å²) in [4.78, 5) is 18.2. The van der Waals surface area contributed by atoms with Gasteiger partial charge in [0.25, 0.3) is 5.91 Å². The predicted molar refractivity (Wildman–Crippen MR) is 105 cm³/mol. The largest absolute Gasteiger partial charge is 0.378 e. The molecule has 2 heterocycles. The zero-order chi connectivity index (χ0) is 18.8. The van der Waals surface area contributed by atoms with Crippen LogP contribution in [0.3, 0.4) is 0 Å². The molecule has 3 rings (SSSR count). The number of aryl methyl sites for hydroxylation is 2. The first-order chi connectivity index (χ1) is 12.4. The molecule has 136 valence electrons. The molecule has 0 aliphatic carbocycles. The maximum absolute atomic E-state index is 13.1. The minimum absolute atomic E-state index is 0.163. The maximum atomic E-state index is 13.1. The van der Waals surface area contributed by atoms with E-state index in [1.807, 2.05) is 20.8 Å². The van der Waals surface area contributed by atoms with E-state index >= 15 is 0 Å². The Labute approximate surface area is 159 Å². The molecule has 0 aliphatic heterocycles. The van der Waals surface area contributed by atoms with Crippen LogP contribution in [0.25, 0.3) is 10.6 Å². The summed E-state index contributed by atoms with van der Waals surface area (Å²) in [5.74, 6) is -0.438. The SMILES string of the molecule is CNc1snc(C)c1C(=O)N[C@@H](C)c1sc(-c2ccc(F)cc2)nc1C. The van der Waals surface area contributed by atoms with Gasteiger partial charge in [0.05, 0.1) is 27.9 Å². The summed E-state index contributed by atoms with van der Waals surface area (Å²) < 4.78 is 17.3. The van der Waals surface area contributed by atoms with Crippen molar-refractivity contribution in [2.75, 3.05) is 12.4 Å². The highest BCUT2D eigenvalue weighted by Crippen LogP contribution is 2.32. The van der Waals surface area contributed by atoms with Gasteiger partial charge in [0, 0.05) is 12.6 Å². The van der Waals surface area contributed by atoms with Crippen molar-refractivity contribution in [3.05, 3.63) is 51.9 Å². The Kier molecular flexibility index (Phi) is 5.33. The average molecular weight is 391 g/mol. The summed E-state index contributed by atoms with van der Waals surface area (Å²) in [6.45, 7) is 5.67. The lowest BCUT2D eigenvalue weighted by Gasteiger charge is -2.13. The summed E-state index contributed by atoms with van der Waals surface area (Å²) in [7, 11) is 1.77. The molecule has 1 atom stereocenters. The van der Waals surface area contributed by atoms with Gasteiger partial charge in [-0.3, -0.25) is 4.79 Å². The summed E-state index contributed by atoms with van der Waals surface area (Å²) in [6, 6.07) is 6.06. The normalized spacial score (nSPS) is 12.0. The molecule has 0 spiro atoms. The van der Waals surface area contributed by atoms with Crippen molar-refractivity contribution in [1.29, 1.82) is 0 Å². The molecule has 0 radical (unpaired) electrons. The van der Waals surface area contributed by atoms with Crippen molar-refractivity contribution in [2.24, 2.45) is 0 Å². The van der Waals surface area contributed by atoms with Crippen LogP contribution in [0.1, 0.15) is 39.6 Å². The second-order valence-electron chi connectivity index (χ2n) is 5.89. The van der Waals surface area contributed by atoms with E-state index in [-0.39, 0.29) is 17.8 Å². The Morgan fingerprint density at radius 2 is 1.88 bits per heavy atom. The van der Waals surface area contributed by atoms with E-state index in [1.54, 1.807) is 19.2 Å². The van der Waals surface area contributed by atoms with Gasteiger partial charge < -0.3 is 10.6 Å². The Balaban J connectivity index is 1.82. The van der Waals surface area contributed by atoms with Crippen molar-refractivity contribution >= 4 is 33.8 Å². The van der Waals surface area contributed by atoms with E-state index in [0.29, 0.717) is 11.3 Å². The molecular weight excluding hydrogens is 371 g/mol. The number of nitrogens with zero attached hydrogens (tertiary/aromatic N) is 2. The standard InChI is InChI=1S/C18H19FN4OS2/c1-9-14(18(20-4)26-23-9)16(24)21-10(2)15-11(3)22-17(25-15)12-5-7-13(19)8-6-12/h5-8,10,20H,1-4H3,(H,21,24)/t10-/m0/s1. The molecule has 0 unspecified atom stereocenters. The van der Waals surface area contributed by atoms with Crippen molar-refractivity contribution < 1.29 is 9.18 Å². The number of carbonyl (C=O) groups excluding carboxylic acids is 1. The number of rotatable bonds is 5. The molecule has 0 aliphatic rings. The molecular formula is C18H19FN4OS2. The minimum Gasteiger partial charge on any atom is -0.378 e. The van der Waals surface area contributed by atoms with Crippen LogP contribution >= 0.6 is 22.9 Å². The molecule has 5 nitrogen and oxygen atoms in total. The third-order valence-electron chi connectivity index (χ3n) is 3.98. The maximum Gasteiger partial charge on any atom is 0.256 e. The van der Waals surface area contributed by atoms with E-state index in [4.69, 9.17) is 0 Å². The number of halogens is 1. The summed E-state index contributed by atoms with van der Waals surface area (Å²) in [5, 5.41) is 7.59. The van der Waals surface area contributed by atoms with Crippen LogP contribution in [0.4, 0.5) is 9.39 Å². The Morgan fingerprint density at radius 3 is 2.54 bits per heavy atom. The number of aromatic nitrogens is 2. The second-order valence-corrected chi connectivity index (χ2v) is 7.70. The number of thiazole rings is 1. The van der Waals surface area contributed by atoms with Gasteiger partial charge in [-0.05, 0) is 56.6 Å². The number of hydrogen-bond acceptors (Lipinski definition) is 6. The lowest BCUT2D eigenvalue weighted by molar-refractivity contribution is 0.0941. The van der Waals surface area contributed by atoms with E-state index in [1.165, 1.54) is 35.0 Å². The quantitative estimate of drug-likeness (QED) is 0.670. The number of anilines is 1. The Bertz CT molecular complexity index is 933. The zero-order valence-electron chi connectivity index (χ0n) is 14.9. The number of benzene rings is 1. The molecule has 0 saturated carbocycles. The van der Waals surface area contributed by atoms with Crippen molar-refractivity contribution in [2.45, 2.75) is 26.8 Å². The highest BCUT2D eigenvalue weighted by atomic mass is 32.1. The fourth-order valence-electron chi connectivity index (χ4n) is 2.67. The monoisotopic (exact) mass is 390 g/mol. The third kappa shape index (κ3) is 3.61. The molecule has 2 aromatic heterocycles. The first-order valence-corrected chi connectivity index (χ1v) is 9.67. The number of nitrogens with one attached hydrogen (secondary N) is 2. The fourth-order valence-corrected chi connectivity index (χ4v) is 4.48. The smallest absolute Gasteiger partial charge is 0.256 e. The summed E-state index contributed by atoms with van der Waals surface area (Å²) in [6.07, 6.45) is 0. The molecule has 0 bridgehead atoms. The Morgan fingerprint density at radius 1 is 1.19 bits per heavy atom. The van der Waals surface area contributed by atoms with Crippen LogP contribution in [0.15, 0.2) is 24.3 Å². The first kappa shape index (κ1) is 18.5. The van der Waals surface area contributed by atoms with Gasteiger partial charge in [-0.15, -0.1) is 11.3 Å². The third-order valence-corrected chi connectivity index (χ3v) is 6.33. The summed E-state index contributed by atoms with van der Waals surface area (Å²) in [5.41, 5.74) is 3.00. The van der Waals surface area contributed by atoms with Crippen LogP contribution in [-0.4, -0.2) is 22.3 Å². The predicted octanol–water partition coefficient (Wildman–Crippen LogP) is 4.56.